The summed E-state index contributed by atoms with van der Waals surface area (Å²) in [6.45, 7) is 0. The molecular formula is C17H14BrN3. The van der Waals surface area contributed by atoms with Crippen LogP contribution in [0.4, 0.5) is 0 Å². The first-order valence-electron chi connectivity index (χ1n) is 6.62. The van der Waals surface area contributed by atoms with Crippen LogP contribution < -0.4 is 0 Å². The fourth-order valence-corrected chi connectivity index (χ4v) is 2.42. The highest BCUT2D eigenvalue weighted by molar-refractivity contribution is 9.10. The van der Waals surface area contributed by atoms with Crippen molar-refractivity contribution in [3.05, 3.63) is 70.8 Å². The van der Waals surface area contributed by atoms with Gasteiger partial charge in [-0.1, -0.05) is 36.4 Å². The first-order chi connectivity index (χ1) is 10.2. The standard InChI is InChI=1S/C17H14BrN3/c1-21-12-15(13-6-3-2-4-7-13)20-17(21)11-10-14-8-5-9-16(18)19-14/h2-12H,1H3/b11-10+. The zero-order valence-corrected chi connectivity index (χ0v) is 13.2. The van der Waals surface area contributed by atoms with Crippen LogP contribution in [0.5, 0.6) is 0 Å². The van der Waals surface area contributed by atoms with Gasteiger partial charge in [0.2, 0.25) is 0 Å². The molecule has 1 aromatic carbocycles. The summed E-state index contributed by atoms with van der Waals surface area (Å²) >= 11 is 3.37. The van der Waals surface area contributed by atoms with Crippen molar-refractivity contribution in [2.45, 2.75) is 0 Å². The third-order valence-electron chi connectivity index (χ3n) is 3.12. The van der Waals surface area contributed by atoms with Gasteiger partial charge in [-0.15, -0.1) is 0 Å². The summed E-state index contributed by atoms with van der Waals surface area (Å²) in [5.74, 6) is 0.899. The zero-order valence-electron chi connectivity index (χ0n) is 11.6. The van der Waals surface area contributed by atoms with Crippen molar-refractivity contribution in [2.75, 3.05) is 0 Å². The third-order valence-corrected chi connectivity index (χ3v) is 3.56. The minimum Gasteiger partial charge on any atom is -0.334 e. The molecule has 0 bridgehead atoms. The van der Waals surface area contributed by atoms with Crippen LogP contribution in [0.25, 0.3) is 23.4 Å². The van der Waals surface area contributed by atoms with E-state index in [4.69, 9.17) is 0 Å². The molecule has 0 aliphatic rings. The second-order valence-corrected chi connectivity index (χ2v) is 5.49. The van der Waals surface area contributed by atoms with Crippen molar-refractivity contribution in [3.8, 4) is 11.3 Å². The van der Waals surface area contributed by atoms with E-state index in [9.17, 15) is 0 Å². The summed E-state index contributed by atoms with van der Waals surface area (Å²) < 4.78 is 2.84. The minimum absolute atomic E-state index is 0.828. The second kappa shape index (κ2) is 6.06. The summed E-state index contributed by atoms with van der Waals surface area (Å²) in [7, 11) is 1.99. The number of nitrogens with zero attached hydrogens (tertiary/aromatic N) is 3. The lowest BCUT2D eigenvalue weighted by Gasteiger charge is -1.95. The van der Waals surface area contributed by atoms with Crippen LogP contribution in [0.2, 0.25) is 0 Å². The van der Waals surface area contributed by atoms with Gasteiger partial charge in [0.15, 0.2) is 0 Å². The lowest BCUT2D eigenvalue weighted by Crippen LogP contribution is -1.89. The topological polar surface area (TPSA) is 30.7 Å². The normalized spacial score (nSPS) is 11.1. The molecule has 0 radical (unpaired) electrons. The molecular weight excluding hydrogens is 326 g/mol. The fraction of sp³-hybridized carbons (Fsp3) is 0.0588. The van der Waals surface area contributed by atoms with E-state index >= 15 is 0 Å². The Morgan fingerprint density at radius 2 is 1.76 bits per heavy atom. The van der Waals surface area contributed by atoms with Crippen molar-refractivity contribution < 1.29 is 0 Å². The predicted molar refractivity (Wildman–Crippen MR) is 89.5 cm³/mol. The minimum atomic E-state index is 0.828. The quantitative estimate of drug-likeness (QED) is 0.661. The maximum atomic E-state index is 4.65. The smallest absolute Gasteiger partial charge is 0.133 e. The number of aromatic nitrogens is 3. The van der Waals surface area contributed by atoms with Crippen LogP contribution in [0, 0.1) is 0 Å². The van der Waals surface area contributed by atoms with Crippen molar-refractivity contribution in [2.24, 2.45) is 7.05 Å². The largest absolute Gasteiger partial charge is 0.334 e. The average Bonchev–Trinajstić information content (AvgIpc) is 2.87. The van der Waals surface area contributed by atoms with Gasteiger partial charge in [-0.25, -0.2) is 9.97 Å². The average molecular weight is 340 g/mol. The van der Waals surface area contributed by atoms with Gasteiger partial charge < -0.3 is 4.57 Å². The Labute approximate surface area is 132 Å². The number of pyridine rings is 1. The first-order valence-corrected chi connectivity index (χ1v) is 7.41. The van der Waals surface area contributed by atoms with Gasteiger partial charge in [0, 0.05) is 18.8 Å². The monoisotopic (exact) mass is 339 g/mol. The van der Waals surface area contributed by atoms with Gasteiger partial charge in [-0.3, -0.25) is 0 Å². The van der Waals surface area contributed by atoms with E-state index in [1.54, 1.807) is 0 Å². The highest BCUT2D eigenvalue weighted by Crippen LogP contribution is 2.18. The highest BCUT2D eigenvalue weighted by Gasteiger charge is 2.04. The first kappa shape index (κ1) is 13.8. The van der Waals surface area contributed by atoms with Crippen molar-refractivity contribution in [3.63, 3.8) is 0 Å². The number of halogens is 1. The Bertz CT molecular complexity index is 776. The van der Waals surface area contributed by atoms with Crippen LogP contribution >= 0.6 is 15.9 Å². The molecule has 0 atom stereocenters. The zero-order chi connectivity index (χ0) is 14.7. The van der Waals surface area contributed by atoms with Gasteiger partial charge in [-0.05, 0) is 40.2 Å². The van der Waals surface area contributed by atoms with E-state index < -0.39 is 0 Å². The summed E-state index contributed by atoms with van der Waals surface area (Å²) in [5, 5.41) is 0. The van der Waals surface area contributed by atoms with Crippen molar-refractivity contribution in [1.29, 1.82) is 0 Å². The third kappa shape index (κ3) is 3.28. The maximum Gasteiger partial charge on any atom is 0.133 e. The van der Waals surface area contributed by atoms with E-state index in [1.165, 1.54) is 0 Å². The lowest BCUT2D eigenvalue weighted by molar-refractivity contribution is 0.898. The second-order valence-electron chi connectivity index (χ2n) is 4.68. The van der Waals surface area contributed by atoms with E-state index in [-0.39, 0.29) is 0 Å². The molecule has 0 aliphatic carbocycles. The number of benzene rings is 1. The van der Waals surface area contributed by atoms with E-state index in [0.29, 0.717) is 0 Å². The van der Waals surface area contributed by atoms with Crippen LogP contribution in [-0.2, 0) is 7.05 Å². The summed E-state index contributed by atoms with van der Waals surface area (Å²) in [5.41, 5.74) is 2.99. The van der Waals surface area contributed by atoms with E-state index in [1.807, 2.05) is 66.4 Å². The summed E-state index contributed by atoms with van der Waals surface area (Å²) in [6, 6.07) is 16.0. The van der Waals surface area contributed by atoms with Crippen LogP contribution in [0.3, 0.4) is 0 Å². The molecule has 0 saturated heterocycles. The molecule has 3 rings (SSSR count). The molecule has 0 fully saturated rings. The van der Waals surface area contributed by atoms with Gasteiger partial charge in [0.25, 0.3) is 0 Å². The van der Waals surface area contributed by atoms with Crippen LogP contribution in [0.1, 0.15) is 11.5 Å². The molecule has 104 valence electrons. The fourth-order valence-electron chi connectivity index (χ4n) is 2.06. The molecule has 0 spiro atoms. The molecule has 0 unspecified atom stereocenters. The molecule has 0 N–H and O–H groups in total. The molecule has 3 aromatic rings. The lowest BCUT2D eigenvalue weighted by atomic mass is 10.2. The number of imidazole rings is 1. The molecule has 4 heteroatoms. The van der Waals surface area contributed by atoms with Crippen molar-refractivity contribution >= 4 is 28.1 Å². The van der Waals surface area contributed by atoms with Crippen molar-refractivity contribution in [1.82, 2.24) is 14.5 Å². The molecule has 0 aliphatic heterocycles. The summed E-state index contributed by atoms with van der Waals surface area (Å²) in [6.07, 6.45) is 5.96. The molecule has 0 amide bonds. The SMILES string of the molecule is Cn1cc(-c2ccccc2)nc1/C=C/c1cccc(Br)n1. The Morgan fingerprint density at radius 1 is 0.952 bits per heavy atom. The maximum absolute atomic E-state index is 4.65. The van der Waals surface area contributed by atoms with Gasteiger partial charge in [0.05, 0.1) is 11.4 Å². The van der Waals surface area contributed by atoms with Crippen LogP contribution in [0.15, 0.2) is 59.3 Å². The molecule has 21 heavy (non-hydrogen) atoms. The molecule has 2 heterocycles. The Hall–Kier alpha value is -2.20. The molecule has 0 saturated carbocycles. The Balaban J connectivity index is 1.88. The van der Waals surface area contributed by atoms with Crippen LogP contribution in [-0.4, -0.2) is 14.5 Å². The Kier molecular flexibility index (Phi) is 3.97. The molecule has 2 aromatic heterocycles. The summed E-state index contributed by atoms with van der Waals surface area (Å²) in [4.78, 5) is 9.03. The van der Waals surface area contributed by atoms with Gasteiger partial charge in [0.1, 0.15) is 10.4 Å². The van der Waals surface area contributed by atoms with Gasteiger partial charge in [-0.2, -0.15) is 0 Å². The van der Waals surface area contributed by atoms with E-state index in [2.05, 4.69) is 38.0 Å². The number of hydrogen-bond acceptors (Lipinski definition) is 2. The molecule has 3 nitrogen and oxygen atoms in total. The highest BCUT2D eigenvalue weighted by atomic mass is 79.9. The van der Waals surface area contributed by atoms with E-state index in [0.717, 1.165) is 27.4 Å². The number of hydrogen-bond donors (Lipinski definition) is 0. The number of rotatable bonds is 3. The van der Waals surface area contributed by atoms with Gasteiger partial charge >= 0.3 is 0 Å². The number of aryl methyl sites for hydroxylation is 1. The predicted octanol–water partition coefficient (Wildman–Crippen LogP) is 4.42. The Morgan fingerprint density at radius 3 is 2.52 bits per heavy atom.